The van der Waals surface area contributed by atoms with Gasteiger partial charge in [-0.3, -0.25) is 0 Å². The van der Waals surface area contributed by atoms with Crippen LogP contribution in [0.2, 0.25) is 0 Å². The molecule has 0 bridgehead atoms. The fourth-order valence-corrected chi connectivity index (χ4v) is 1.24. The second kappa shape index (κ2) is 3.40. The van der Waals surface area contributed by atoms with E-state index in [1.54, 1.807) is 13.0 Å². The topological polar surface area (TPSA) is 72.3 Å². The van der Waals surface area contributed by atoms with E-state index >= 15 is 0 Å². The third kappa shape index (κ3) is 1.49. The lowest BCUT2D eigenvalue weighted by atomic mass is 10.2. The second-order valence-electron chi connectivity index (χ2n) is 3.32. The molecule has 0 saturated heterocycles. The van der Waals surface area contributed by atoms with Crippen LogP contribution in [0, 0.1) is 0 Å². The maximum absolute atomic E-state index is 9.62. The van der Waals surface area contributed by atoms with Crippen LogP contribution < -0.4 is 5.73 Å². The minimum atomic E-state index is -0.845. The first kappa shape index (κ1) is 9.18. The van der Waals surface area contributed by atoms with Crippen LogP contribution in [0.5, 0.6) is 0 Å². The summed E-state index contributed by atoms with van der Waals surface area (Å²) in [5.41, 5.74) is 6.95. The first-order chi connectivity index (χ1) is 6.68. The minimum Gasteiger partial charge on any atom is -0.438 e. The molecule has 0 saturated carbocycles. The molecule has 2 atom stereocenters. The van der Waals surface area contributed by atoms with Crippen molar-refractivity contribution in [3.8, 4) is 0 Å². The van der Waals surface area contributed by atoms with Crippen molar-refractivity contribution < 1.29 is 9.52 Å². The molecule has 0 aliphatic rings. The quantitative estimate of drug-likeness (QED) is 0.750. The molecule has 1 aromatic heterocycles. The molecular formula is C10H12N2O2. The van der Waals surface area contributed by atoms with Gasteiger partial charge in [0.2, 0.25) is 5.89 Å². The van der Waals surface area contributed by atoms with E-state index in [0.717, 1.165) is 5.52 Å². The van der Waals surface area contributed by atoms with E-state index in [1.807, 2.05) is 18.2 Å². The summed E-state index contributed by atoms with van der Waals surface area (Å²) in [6.45, 7) is 1.71. The summed E-state index contributed by atoms with van der Waals surface area (Å²) >= 11 is 0. The first-order valence-corrected chi connectivity index (χ1v) is 4.47. The Hall–Kier alpha value is -1.39. The molecule has 0 spiro atoms. The molecule has 0 radical (unpaired) electrons. The number of oxazole rings is 1. The number of aliphatic hydroxyl groups is 1. The molecule has 4 heteroatoms. The van der Waals surface area contributed by atoms with Crippen molar-refractivity contribution in [2.75, 3.05) is 0 Å². The molecule has 2 unspecified atom stereocenters. The Labute approximate surface area is 81.4 Å². The molecule has 0 amide bonds. The Kier molecular flexibility index (Phi) is 2.23. The van der Waals surface area contributed by atoms with Gasteiger partial charge in [-0.1, -0.05) is 12.1 Å². The van der Waals surface area contributed by atoms with E-state index in [-0.39, 0.29) is 11.9 Å². The van der Waals surface area contributed by atoms with Gasteiger partial charge in [-0.05, 0) is 19.1 Å². The lowest BCUT2D eigenvalue weighted by Crippen LogP contribution is -2.24. The molecule has 1 aromatic carbocycles. The average molecular weight is 192 g/mol. The third-order valence-electron chi connectivity index (χ3n) is 2.06. The molecule has 1 heterocycles. The number of aromatic nitrogens is 1. The molecule has 4 nitrogen and oxygen atoms in total. The number of nitrogens with zero attached hydrogens (tertiary/aromatic N) is 1. The van der Waals surface area contributed by atoms with Crippen molar-refractivity contribution in [2.45, 2.75) is 19.1 Å². The highest BCUT2D eigenvalue weighted by molar-refractivity contribution is 5.72. The highest BCUT2D eigenvalue weighted by Crippen LogP contribution is 2.20. The second-order valence-corrected chi connectivity index (χ2v) is 3.32. The largest absolute Gasteiger partial charge is 0.438 e. The Bertz CT molecular complexity index is 403. The molecule has 0 fully saturated rings. The van der Waals surface area contributed by atoms with Crippen molar-refractivity contribution in [1.82, 2.24) is 4.98 Å². The van der Waals surface area contributed by atoms with Crippen LogP contribution in [0.15, 0.2) is 28.7 Å². The van der Waals surface area contributed by atoms with E-state index in [2.05, 4.69) is 4.98 Å². The predicted octanol–water partition coefficient (Wildman–Crippen LogP) is 1.21. The number of hydrogen-bond acceptors (Lipinski definition) is 4. The SMILES string of the molecule is CC(N)C(O)c1nc2ccccc2o1. The van der Waals surface area contributed by atoms with Gasteiger partial charge in [0.15, 0.2) is 5.58 Å². The summed E-state index contributed by atoms with van der Waals surface area (Å²) in [5, 5.41) is 9.62. The fraction of sp³-hybridized carbons (Fsp3) is 0.300. The van der Waals surface area contributed by atoms with Gasteiger partial charge in [0.1, 0.15) is 11.6 Å². The number of rotatable bonds is 2. The molecule has 14 heavy (non-hydrogen) atoms. The smallest absolute Gasteiger partial charge is 0.225 e. The molecule has 74 valence electrons. The Balaban J connectivity index is 2.45. The molecule has 0 aliphatic carbocycles. The average Bonchev–Trinajstić information content (AvgIpc) is 2.59. The summed E-state index contributed by atoms with van der Waals surface area (Å²) in [5.74, 6) is 0.279. The third-order valence-corrected chi connectivity index (χ3v) is 2.06. The van der Waals surface area contributed by atoms with Crippen LogP contribution in [-0.4, -0.2) is 16.1 Å². The Morgan fingerprint density at radius 1 is 1.43 bits per heavy atom. The number of para-hydroxylation sites is 2. The maximum atomic E-state index is 9.62. The van der Waals surface area contributed by atoms with Gasteiger partial charge in [-0.15, -0.1) is 0 Å². The zero-order valence-corrected chi connectivity index (χ0v) is 7.84. The van der Waals surface area contributed by atoms with E-state index in [1.165, 1.54) is 0 Å². The van der Waals surface area contributed by atoms with Crippen LogP contribution >= 0.6 is 0 Å². The van der Waals surface area contributed by atoms with Crippen LogP contribution in [0.25, 0.3) is 11.1 Å². The maximum Gasteiger partial charge on any atom is 0.225 e. The summed E-state index contributed by atoms with van der Waals surface area (Å²) in [6.07, 6.45) is -0.845. The molecular weight excluding hydrogens is 180 g/mol. The highest BCUT2D eigenvalue weighted by atomic mass is 16.4. The summed E-state index contributed by atoms with van der Waals surface area (Å²) in [4.78, 5) is 4.14. The number of fused-ring (bicyclic) bond motifs is 1. The van der Waals surface area contributed by atoms with Gasteiger partial charge in [0, 0.05) is 6.04 Å². The van der Waals surface area contributed by atoms with Crippen LogP contribution in [0.1, 0.15) is 18.9 Å². The van der Waals surface area contributed by atoms with Crippen molar-refractivity contribution in [2.24, 2.45) is 5.73 Å². The van der Waals surface area contributed by atoms with Gasteiger partial charge in [0.25, 0.3) is 0 Å². The van der Waals surface area contributed by atoms with Gasteiger partial charge in [0.05, 0.1) is 0 Å². The summed E-state index contributed by atoms with van der Waals surface area (Å²) in [6, 6.07) is 6.97. The van der Waals surface area contributed by atoms with Crippen molar-refractivity contribution >= 4 is 11.1 Å². The fourth-order valence-electron chi connectivity index (χ4n) is 1.24. The van der Waals surface area contributed by atoms with Crippen LogP contribution in [-0.2, 0) is 0 Å². The molecule has 3 N–H and O–H groups in total. The Morgan fingerprint density at radius 3 is 2.79 bits per heavy atom. The number of aliphatic hydroxyl groups excluding tert-OH is 1. The van der Waals surface area contributed by atoms with Crippen molar-refractivity contribution in [3.05, 3.63) is 30.2 Å². The van der Waals surface area contributed by atoms with Gasteiger partial charge < -0.3 is 15.3 Å². The van der Waals surface area contributed by atoms with Gasteiger partial charge >= 0.3 is 0 Å². The number of nitrogens with two attached hydrogens (primary N) is 1. The van der Waals surface area contributed by atoms with E-state index in [0.29, 0.717) is 5.58 Å². The normalized spacial score (nSPS) is 15.6. The number of benzene rings is 1. The van der Waals surface area contributed by atoms with Gasteiger partial charge in [-0.25, -0.2) is 4.98 Å². The molecule has 2 aromatic rings. The van der Waals surface area contributed by atoms with Crippen molar-refractivity contribution in [3.63, 3.8) is 0 Å². The molecule has 2 rings (SSSR count). The van der Waals surface area contributed by atoms with Gasteiger partial charge in [-0.2, -0.15) is 0 Å². The van der Waals surface area contributed by atoms with Crippen LogP contribution in [0.3, 0.4) is 0 Å². The van der Waals surface area contributed by atoms with Crippen molar-refractivity contribution in [1.29, 1.82) is 0 Å². The van der Waals surface area contributed by atoms with E-state index in [9.17, 15) is 5.11 Å². The minimum absolute atomic E-state index is 0.279. The standard InChI is InChI=1S/C10H12N2O2/c1-6(11)9(13)10-12-7-4-2-3-5-8(7)14-10/h2-6,9,13H,11H2,1H3. The van der Waals surface area contributed by atoms with E-state index in [4.69, 9.17) is 10.2 Å². The Morgan fingerprint density at radius 2 is 2.14 bits per heavy atom. The van der Waals surface area contributed by atoms with E-state index < -0.39 is 6.10 Å². The molecule has 0 aliphatic heterocycles. The monoisotopic (exact) mass is 192 g/mol. The zero-order chi connectivity index (χ0) is 10.1. The van der Waals surface area contributed by atoms with Crippen LogP contribution in [0.4, 0.5) is 0 Å². The summed E-state index contributed by atoms with van der Waals surface area (Å²) < 4.78 is 5.35. The lowest BCUT2D eigenvalue weighted by molar-refractivity contribution is 0.123. The highest BCUT2D eigenvalue weighted by Gasteiger charge is 2.18. The first-order valence-electron chi connectivity index (χ1n) is 4.47. The summed E-state index contributed by atoms with van der Waals surface area (Å²) in [7, 11) is 0. The predicted molar refractivity (Wildman–Crippen MR) is 52.6 cm³/mol. The lowest BCUT2D eigenvalue weighted by Gasteiger charge is -2.08. The zero-order valence-electron chi connectivity index (χ0n) is 7.84. The number of hydrogen-bond donors (Lipinski definition) is 2.